The Morgan fingerprint density at radius 3 is 2.78 bits per heavy atom. The van der Waals surface area contributed by atoms with Crippen molar-refractivity contribution < 1.29 is 4.79 Å². The maximum absolute atomic E-state index is 12.1. The normalized spacial score (nSPS) is 10.7. The number of carbonyl (C=O) groups is 1. The first kappa shape index (κ1) is 10.7. The second-order valence-corrected chi connectivity index (χ2v) is 4.06. The molecule has 0 saturated carbocycles. The maximum Gasteiger partial charge on any atom is 0.185 e. The molecule has 0 fully saturated rings. The number of H-pyrrole nitrogens is 1. The second kappa shape index (κ2) is 4.41. The van der Waals surface area contributed by atoms with Crippen LogP contribution in [-0.2, 0) is 6.42 Å². The average molecular weight is 237 g/mol. The van der Waals surface area contributed by atoms with Gasteiger partial charge in [0.1, 0.15) is 5.69 Å². The van der Waals surface area contributed by atoms with Crippen LogP contribution in [0.4, 0.5) is 0 Å². The highest BCUT2D eigenvalue weighted by atomic mass is 16.1. The molecule has 0 radical (unpaired) electrons. The molecule has 3 rings (SSSR count). The van der Waals surface area contributed by atoms with E-state index in [-0.39, 0.29) is 5.78 Å². The molecule has 4 heteroatoms. The number of nitrogens with zero attached hydrogens (tertiary/aromatic N) is 2. The molecule has 1 N–H and O–H groups in total. The first-order valence-corrected chi connectivity index (χ1v) is 5.70. The lowest BCUT2D eigenvalue weighted by molar-refractivity contribution is 0.0988. The van der Waals surface area contributed by atoms with E-state index in [9.17, 15) is 4.79 Å². The number of nitrogens with one attached hydrogen (secondary N) is 1. The monoisotopic (exact) mass is 237 g/mol. The summed E-state index contributed by atoms with van der Waals surface area (Å²) in [7, 11) is 0. The fourth-order valence-electron chi connectivity index (χ4n) is 1.85. The number of ketones is 1. The van der Waals surface area contributed by atoms with Crippen molar-refractivity contribution in [1.29, 1.82) is 0 Å². The molecule has 88 valence electrons. The predicted molar refractivity (Wildman–Crippen MR) is 68.4 cm³/mol. The Bertz CT molecular complexity index is 688. The van der Waals surface area contributed by atoms with Gasteiger partial charge in [0.2, 0.25) is 0 Å². The quantitative estimate of drug-likeness (QED) is 0.711. The zero-order valence-electron chi connectivity index (χ0n) is 9.63. The van der Waals surface area contributed by atoms with Gasteiger partial charge in [-0.25, -0.2) is 9.97 Å². The van der Waals surface area contributed by atoms with Crippen molar-refractivity contribution >= 4 is 16.9 Å². The Labute approximate surface area is 104 Å². The lowest BCUT2D eigenvalue weighted by atomic mass is 10.1. The number of pyridine rings is 1. The molecule has 18 heavy (non-hydrogen) atoms. The molecule has 1 aromatic carbocycles. The topological polar surface area (TPSA) is 58.6 Å². The fraction of sp³-hybridized carbons (Fsp3) is 0.0714. The van der Waals surface area contributed by atoms with E-state index in [2.05, 4.69) is 15.0 Å². The van der Waals surface area contributed by atoms with E-state index in [1.165, 1.54) is 0 Å². The van der Waals surface area contributed by atoms with Crippen LogP contribution in [0.3, 0.4) is 0 Å². The van der Waals surface area contributed by atoms with E-state index in [1.54, 1.807) is 12.4 Å². The van der Waals surface area contributed by atoms with Crippen molar-refractivity contribution in [2.75, 3.05) is 0 Å². The van der Waals surface area contributed by atoms with Crippen LogP contribution in [0.5, 0.6) is 0 Å². The van der Waals surface area contributed by atoms with Crippen LogP contribution in [0.15, 0.2) is 48.8 Å². The number of aromatic amines is 1. The van der Waals surface area contributed by atoms with E-state index >= 15 is 0 Å². The third-order valence-electron chi connectivity index (χ3n) is 2.78. The third-order valence-corrected chi connectivity index (χ3v) is 2.78. The molecule has 0 aliphatic carbocycles. The van der Waals surface area contributed by atoms with Crippen LogP contribution >= 0.6 is 0 Å². The largest absolute Gasteiger partial charge is 0.343 e. The number of hydrogen-bond acceptors (Lipinski definition) is 3. The summed E-state index contributed by atoms with van der Waals surface area (Å²) in [5.74, 6) is 0.00565. The number of rotatable bonds is 3. The van der Waals surface area contributed by atoms with Crippen molar-refractivity contribution in [3.63, 3.8) is 0 Å². The lowest BCUT2D eigenvalue weighted by Gasteiger charge is -2.00. The molecule has 0 unspecified atom stereocenters. The molecule has 0 atom stereocenters. The van der Waals surface area contributed by atoms with Crippen LogP contribution in [0, 0.1) is 0 Å². The van der Waals surface area contributed by atoms with Gasteiger partial charge in [-0.3, -0.25) is 4.79 Å². The Hall–Kier alpha value is -2.49. The average Bonchev–Trinajstić information content (AvgIpc) is 2.87. The first-order valence-electron chi connectivity index (χ1n) is 5.70. The highest BCUT2D eigenvalue weighted by molar-refractivity contribution is 5.97. The standard InChI is InChI=1S/C14H11N3O/c18-13(8-10-4-2-1-3-5-10)11-6-7-12-14(17-11)16-9-15-12/h1-7,9H,8H2,(H,15,16,17). The number of hydrogen-bond donors (Lipinski definition) is 1. The molecule has 3 aromatic rings. The molecule has 0 saturated heterocycles. The molecular formula is C14H11N3O. The minimum absolute atomic E-state index is 0.00565. The Kier molecular flexibility index (Phi) is 2.61. The van der Waals surface area contributed by atoms with Gasteiger partial charge in [-0.05, 0) is 17.7 Å². The summed E-state index contributed by atoms with van der Waals surface area (Å²) in [5, 5.41) is 0. The molecule has 0 spiro atoms. The van der Waals surface area contributed by atoms with Gasteiger partial charge in [-0.15, -0.1) is 0 Å². The van der Waals surface area contributed by atoms with Gasteiger partial charge in [0, 0.05) is 6.42 Å². The number of benzene rings is 1. The minimum atomic E-state index is 0.00565. The van der Waals surface area contributed by atoms with Gasteiger partial charge >= 0.3 is 0 Å². The lowest BCUT2D eigenvalue weighted by Crippen LogP contribution is -2.05. The van der Waals surface area contributed by atoms with Crippen molar-refractivity contribution in [2.45, 2.75) is 6.42 Å². The van der Waals surface area contributed by atoms with E-state index in [1.807, 2.05) is 36.4 Å². The maximum atomic E-state index is 12.1. The zero-order chi connectivity index (χ0) is 12.4. The summed E-state index contributed by atoms with van der Waals surface area (Å²) < 4.78 is 0. The first-order chi connectivity index (χ1) is 8.83. The van der Waals surface area contributed by atoms with Crippen LogP contribution < -0.4 is 0 Å². The third kappa shape index (κ3) is 2.00. The number of Topliss-reactive ketones (excluding diaryl/α,β-unsaturated/α-hetero) is 1. The Balaban J connectivity index is 1.87. The minimum Gasteiger partial charge on any atom is -0.343 e. The zero-order valence-corrected chi connectivity index (χ0v) is 9.63. The molecule has 4 nitrogen and oxygen atoms in total. The van der Waals surface area contributed by atoms with Crippen LogP contribution in [0.2, 0.25) is 0 Å². The van der Waals surface area contributed by atoms with E-state index in [0.29, 0.717) is 17.8 Å². The van der Waals surface area contributed by atoms with Gasteiger partial charge in [0.15, 0.2) is 11.4 Å². The number of carbonyl (C=O) groups excluding carboxylic acids is 1. The molecule has 2 aromatic heterocycles. The molecule has 0 bridgehead atoms. The molecule has 0 aliphatic rings. The van der Waals surface area contributed by atoms with Crippen LogP contribution in [-0.4, -0.2) is 20.7 Å². The van der Waals surface area contributed by atoms with Gasteiger partial charge in [0.25, 0.3) is 0 Å². The summed E-state index contributed by atoms with van der Waals surface area (Å²) in [5.41, 5.74) is 2.87. The van der Waals surface area contributed by atoms with Crippen molar-refractivity contribution in [3.05, 3.63) is 60.0 Å². The summed E-state index contributed by atoms with van der Waals surface area (Å²) in [6, 6.07) is 13.2. The highest BCUT2D eigenvalue weighted by Crippen LogP contribution is 2.10. The molecular weight excluding hydrogens is 226 g/mol. The Morgan fingerprint density at radius 1 is 1.11 bits per heavy atom. The fourth-order valence-corrected chi connectivity index (χ4v) is 1.85. The summed E-state index contributed by atoms with van der Waals surface area (Å²) in [6.07, 6.45) is 1.94. The van der Waals surface area contributed by atoms with E-state index < -0.39 is 0 Å². The Morgan fingerprint density at radius 2 is 1.94 bits per heavy atom. The number of fused-ring (bicyclic) bond motifs is 1. The van der Waals surface area contributed by atoms with E-state index in [0.717, 1.165) is 11.1 Å². The summed E-state index contributed by atoms with van der Waals surface area (Å²) >= 11 is 0. The number of imidazole rings is 1. The van der Waals surface area contributed by atoms with Crippen LogP contribution in [0.1, 0.15) is 16.1 Å². The van der Waals surface area contributed by atoms with Crippen molar-refractivity contribution in [2.24, 2.45) is 0 Å². The SMILES string of the molecule is O=C(Cc1ccccc1)c1ccc2[nH]cnc2n1. The summed E-state index contributed by atoms with van der Waals surface area (Å²) in [4.78, 5) is 23.3. The van der Waals surface area contributed by atoms with Crippen molar-refractivity contribution in [3.8, 4) is 0 Å². The highest BCUT2D eigenvalue weighted by Gasteiger charge is 2.09. The molecule has 0 amide bonds. The second-order valence-electron chi connectivity index (χ2n) is 4.06. The molecule has 2 heterocycles. The molecule has 0 aliphatic heterocycles. The smallest absolute Gasteiger partial charge is 0.185 e. The van der Waals surface area contributed by atoms with Crippen molar-refractivity contribution in [1.82, 2.24) is 15.0 Å². The number of aromatic nitrogens is 3. The predicted octanol–water partition coefficient (Wildman–Crippen LogP) is 2.38. The van der Waals surface area contributed by atoms with Gasteiger partial charge < -0.3 is 4.98 Å². The van der Waals surface area contributed by atoms with E-state index in [4.69, 9.17) is 0 Å². The van der Waals surface area contributed by atoms with Gasteiger partial charge in [-0.1, -0.05) is 30.3 Å². The summed E-state index contributed by atoms with van der Waals surface area (Å²) in [6.45, 7) is 0. The van der Waals surface area contributed by atoms with Crippen LogP contribution in [0.25, 0.3) is 11.2 Å². The van der Waals surface area contributed by atoms with Gasteiger partial charge in [-0.2, -0.15) is 0 Å². The van der Waals surface area contributed by atoms with Gasteiger partial charge in [0.05, 0.1) is 11.8 Å².